The highest BCUT2D eigenvalue weighted by molar-refractivity contribution is 5.75. The van der Waals surface area contributed by atoms with Crippen molar-refractivity contribution in [2.24, 2.45) is 11.1 Å². The van der Waals surface area contributed by atoms with Crippen LogP contribution in [0.25, 0.3) is 0 Å². The van der Waals surface area contributed by atoms with E-state index in [2.05, 4.69) is 13.8 Å². The van der Waals surface area contributed by atoms with Gasteiger partial charge in [0.05, 0.1) is 6.10 Å². The number of nitrogens with two attached hydrogens (primary N) is 1. The first kappa shape index (κ1) is 14.7. The van der Waals surface area contributed by atoms with Gasteiger partial charge in [-0.1, -0.05) is 19.9 Å². The number of hydrogen-bond donors (Lipinski definition) is 3. The smallest absolute Gasteiger partial charge is 0.325 e. The first-order chi connectivity index (χ1) is 9.28. The monoisotopic (exact) mass is 279 g/mol. The molecule has 1 aromatic carbocycles. The Kier molecular flexibility index (Phi) is 3.90. The number of rotatable bonds is 4. The number of carbonyl (C=O) groups is 1. The third-order valence-corrected chi connectivity index (χ3v) is 3.83. The van der Waals surface area contributed by atoms with Gasteiger partial charge >= 0.3 is 5.97 Å². The van der Waals surface area contributed by atoms with Crippen LogP contribution in [0.2, 0.25) is 0 Å². The lowest BCUT2D eigenvalue weighted by atomic mass is 9.92. The molecule has 2 atom stereocenters. The minimum Gasteiger partial charge on any atom is -0.504 e. The zero-order valence-corrected chi connectivity index (χ0v) is 11.8. The lowest BCUT2D eigenvalue weighted by Crippen LogP contribution is -2.21. The third kappa shape index (κ3) is 3.22. The van der Waals surface area contributed by atoms with Crippen LogP contribution in [0, 0.1) is 5.41 Å². The Morgan fingerprint density at radius 2 is 2.20 bits per heavy atom. The fraction of sp³-hybridized carbons (Fsp3) is 0.533. The maximum Gasteiger partial charge on any atom is 0.325 e. The molecule has 5 heteroatoms. The summed E-state index contributed by atoms with van der Waals surface area (Å²) in [5.41, 5.74) is 6.24. The Bertz CT molecular complexity index is 513. The molecule has 2 rings (SSSR count). The topological polar surface area (TPSA) is 92.8 Å². The number of phenols is 1. The van der Waals surface area contributed by atoms with Crippen LogP contribution in [0.1, 0.15) is 44.7 Å². The SMILES string of the molecule is CC1(C)CCC(Oc2cc(C(N)C(=O)O)ccc2O)C1. The number of phenolic OH excluding ortho intramolecular Hbond substituents is 1. The second-order valence-electron chi connectivity index (χ2n) is 6.19. The summed E-state index contributed by atoms with van der Waals surface area (Å²) >= 11 is 0. The fourth-order valence-electron chi connectivity index (χ4n) is 2.61. The largest absolute Gasteiger partial charge is 0.504 e. The molecule has 2 unspecified atom stereocenters. The lowest BCUT2D eigenvalue weighted by Gasteiger charge is -2.19. The minimum atomic E-state index is -1.11. The number of carboxylic acids is 1. The number of benzene rings is 1. The highest BCUT2D eigenvalue weighted by Crippen LogP contribution is 2.40. The van der Waals surface area contributed by atoms with Crippen LogP contribution in [-0.2, 0) is 4.79 Å². The molecule has 1 aliphatic rings. The van der Waals surface area contributed by atoms with Crippen molar-refractivity contribution >= 4 is 5.97 Å². The summed E-state index contributed by atoms with van der Waals surface area (Å²) in [5.74, 6) is -0.790. The van der Waals surface area contributed by atoms with Crippen molar-refractivity contribution in [3.05, 3.63) is 23.8 Å². The number of hydrogen-bond acceptors (Lipinski definition) is 4. The minimum absolute atomic E-state index is 0.0102. The summed E-state index contributed by atoms with van der Waals surface area (Å²) in [5, 5.41) is 18.8. The first-order valence-electron chi connectivity index (χ1n) is 6.76. The molecule has 4 N–H and O–H groups in total. The molecule has 0 aliphatic heterocycles. The molecule has 0 amide bonds. The Labute approximate surface area is 118 Å². The highest BCUT2D eigenvalue weighted by Gasteiger charge is 2.32. The van der Waals surface area contributed by atoms with Gasteiger partial charge in [-0.3, -0.25) is 4.79 Å². The summed E-state index contributed by atoms with van der Waals surface area (Å²) in [6.07, 6.45) is 2.97. The van der Waals surface area contributed by atoms with Gasteiger partial charge < -0.3 is 20.7 Å². The van der Waals surface area contributed by atoms with Gasteiger partial charge in [-0.25, -0.2) is 0 Å². The predicted octanol–water partition coefficient (Wildman–Crippen LogP) is 2.43. The Hall–Kier alpha value is -1.75. The summed E-state index contributed by atoms with van der Waals surface area (Å²) in [4.78, 5) is 10.9. The summed E-state index contributed by atoms with van der Waals surface area (Å²) in [6, 6.07) is 3.32. The number of aromatic hydroxyl groups is 1. The molecule has 1 fully saturated rings. The van der Waals surface area contributed by atoms with Crippen molar-refractivity contribution in [2.45, 2.75) is 45.3 Å². The second-order valence-corrected chi connectivity index (χ2v) is 6.19. The van der Waals surface area contributed by atoms with Crippen LogP contribution in [0.3, 0.4) is 0 Å². The molecule has 0 bridgehead atoms. The van der Waals surface area contributed by atoms with Gasteiger partial charge in [-0.05, 0) is 42.4 Å². The summed E-state index contributed by atoms with van der Waals surface area (Å²) in [6.45, 7) is 4.37. The van der Waals surface area contributed by atoms with Crippen molar-refractivity contribution in [1.29, 1.82) is 0 Å². The molecule has 1 aliphatic carbocycles. The third-order valence-electron chi connectivity index (χ3n) is 3.83. The van der Waals surface area contributed by atoms with Crippen molar-refractivity contribution < 1.29 is 19.7 Å². The van der Waals surface area contributed by atoms with Gasteiger partial charge in [-0.2, -0.15) is 0 Å². The van der Waals surface area contributed by atoms with E-state index in [0.29, 0.717) is 11.3 Å². The molecular weight excluding hydrogens is 258 g/mol. The van der Waals surface area contributed by atoms with E-state index in [1.807, 2.05) is 0 Å². The lowest BCUT2D eigenvalue weighted by molar-refractivity contribution is -0.138. The van der Waals surface area contributed by atoms with Crippen LogP contribution in [0.15, 0.2) is 18.2 Å². The van der Waals surface area contributed by atoms with Crippen LogP contribution in [0.4, 0.5) is 0 Å². The number of ether oxygens (including phenoxy) is 1. The average molecular weight is 279 g/mol. The Balaban J connectivity index is 2.15. The molecule has 1 aromatic rings. The van der Waals surface area contributed by atoms with Crippen molar-refractivity contribution in [3.8, 4) is 11.5 Å². The van der Waals surface area contributed by atoms with E-state index in [9.17, 15) is 9.90 Å². The van der Waals surface area contributed by atoms with E-state index in [1.165, 1.54) is 18.2 Å². The van der Waals surface area contributed by atoms with E-state index in [1.54, 1.807) is 0 Å². The fourth-order valence-corrected chi connectivity index (χ4v) is 2.61. The molecule has 0 heterocycles. The van der Waals surface area contributed by atoms with Crippen LogP contribution < -0.4 is 10.5 Å². The molecule has 0 spiro atoms. The molecular formula is C15H21NO4. The summed E-state index contributed by atoms with van der Waals surface area (Å²) in [7, 11) is 0. The molecule has 20 heavy (non-hydrogen) atoms. The van der Waals surface area contributed by atoms with Gasteiger partial charge in [0, 0.05) is 0 Å². The van der Waals surface area contributed by atoms with Crippen LogP contribution in [-0.4, -0.2) is 22.3 Å². The van der Waals surface area contributed by atoms with Gasteiger partial charge in [-0.15, -0.1) is 0 Å². The zero-order chi connectivity index (χ0) is 14.9. The maximum atomic E-state index is 10.9. The van der Waals surface area contributed by atoms with Crippen molar-refractivity contribution in [3.63, 3.8) is 0 Å². The quantitative estimate of drug-likeness (QED) is 0.787. The Morgan fingerprint density at radius 1 is 1.50 bits per heavy atom. The maximum absolute atomic E-state index is 10.9. The van der Waals surface area contributed by atoms with E-state index < -0.39 is 12.0 Å². The highest BCUT2D eigenvalue weighted by atomic mass is 16.5. The molecule has 110 valence electrons. The normalized spacial score (nSPS) is 22.4. The van der Waals surface area contributed by atoms with Crippen LogP contribution in [0.5, 0.6) is 11.5 Å². The molecule has 0 aromatic heterocycles. The number of carboxylic acid groups (broad SMARTS) is 1. The first-order valence-corrected chi connectivity index (χ1v) is 6.76. The van der Waals surface area contributed by atoms with E-state index >= 15 is 0 Å². The van der Waals surface area contributed by atoms with Gasteiger partial charge in [0.15, 0.2) is 11.5 Å². The molecule has 0 radical (unpaired) electrons. The number of aliphatic carboxylic acids is 1. The van der Waals surface area contributed by atoms with Crippen molar-refractivity contribution in [2.75, 3.05) is 0 Å². The van der Waals surface area contributed by atoms with E-state index in [4.69, 9.17) is 15.6 Å². The van der Waals surface area contributed by atoms with Gasteiger partial charge in [0.1, 0.15) is 6.04 Å². The van der Waals surface area contributed by atoms with Crippen molar-refractivity contribution in [1.82, 2.24) is 0 Å². The second kappa shape index (κ2) is 5.32. The van der Waals surface area contributed by atoms with E-state index in [-0.39, 0.29) is 17.3 Å². The molecule has 0 saturated heterocycles. The summed E-state index contributed by atoms with van der Waals surface area (Å²) < 4.78 is 5.81. The average Bonchev–Trinajstić information content (AvgIpc) is 2.70. The Morgan fingerprint density at radius 3 is 2.75 bits per heavy atom. The standard InChI is InChI=1S/C15H21NO4/c1-15(2)6-5-10(8-15)20-12-7-9(3-4-11(12)17)13(16)14(18)19/h3-4,7,10,13,17H,5-6,8,16H2,1-2H3,(H,18,19). The molecule has 1 saturated carbocycles. The predicted molar refractivity (Wildman–Crippen MR) is 74.7 cm³/mol. The van der Waals surface area contributed by atoms with E-state index in [0.717, 1.165) is 19.3 Å². The van der Waals surface area contributed by atoms with Crippen LogP contribution >= 0.6 is 0 Å². The zero-order valence-electron chi connectivity index (χ0n) is 11.8. The van der Waals surface area contributed by atoms with Gasteiger partial charge in [0.2, 0.25) is 0 Å². The van der Waals surface area contributed by atoms with Gasteiger partial charge in [0.25, 0.3) is 0 Å². The molecule has 5 nitrogen and oxygen atoms in total.